The number of fused-ring (bicyclic) bond motifs is 1. The Morgan fingerprint density at radius 2 is 2.04 bits per heavy atom. The van der Waals surface area contributed by atoms with Crippen molar-refractivity contribution >= 4 is 21.6 Å². The normalized spacial score (nSPS) is 11.3. The van der Waals surface area contributed by atoms with Crippen molar-refractivity contribution in [3.8, 4) is 10.4 Å². The molecule has 0 amide bonds. The highest BCUT2D eigenvalue weighted by Crippen LogP contribution is 2.30. The lowest BCUT2D eigenvalue weighted by molar-refractivity contribution is 0.521. The molecule has 132 valence electrons. The third-order valence-electron chi connectivity index (χ3n) is 4.20. The highest BCUT2D eigenvalue weighted by atomic mass is 32.1. The molecule has 0 aliphatic rings. The molecule has 3 heterocycles. The predicted octanol–water partition coefficient (Wildman–Crippen LogP) is 2.96. The van der Waals surface area contributed by atoms with Gasteiger partial charge in [-0.25, -0.2) is 9.67 Å². The van der Waals surface area contributed by atoms with E-state index in [0.717, 1.165) is 35.3 Å². The highest BCUT2D eigenvalue weighted by Gasteiger charge is 2.13. The smallest absolute Gasteiger partial charge is 0.271 e. The minimum absolute atomic E-state index is 0.0628. The Kier molecular flexibility index (Phi) is 4.57. The average Bonchev–Trinajstić information content (AvgIpc) is 3.30. The van der Waals surface area contributed by atoms with E-state index in [9.17, 15) is 4.79 Å². The second-order valence-electron chi connectivity index (χ2n) is 6.04. The number of benzene rings is 1. The van der Waals surface area contributed by atoms with Crippen molar-refractivity contribution in [1.29, 1.82) is 0 Å². The van der Waals surface area contributed by atoms with E-state index < -0.39 is 0 Å². The predicted molar refractivity (Wildman–Crippen MR) is 101 cm³/mol. The summed E-state index contributed by atoms with van der Waals surface area (Å²) in [5.41, 5.74) is 1.75. The topological polar surface area (TPSA) is 78.5 Å². The zero-order chi connectivity index (χ0) is 17.9. The minimum atomic E-state index is -0.0628. The number of thiophene rings is 1. The summed E-state index contributed by atoms with van der Waals surface area (Å²) >= 11 is 1.47. The lowest BCUT2D eigenvalue weighted by Crippen LogP contribution is -2.22. The number of hydrogen-bond acceptors (Lipinski definition) is 6. The van der Waals surface area contributed by atoms with Crippen LogP contribution in [0.1, 0.15) is 25.6 Å². The molecule has 0 saturated heterocycles. The van der Waals surface area contributed by atoms with E-state index in [1.165, 1.54) is 11.3 Å². The first-order valence-electron chi connectivity index (χ1n) is 8.55. The van der Waals surface area contributed by atoms with Crippen LogP contribution in [0.25, 0.3) is 20.7 Å². The fourth-order valence-corrected chi connectivity index (χ4v) is 3.84. The second kappa shape index (κ2) is 7.17. The molecule has 0 radical (unpaired) electrons. The van der Waals surface area contributed by atoms with E-state index in [4.69, 9.17) is 0 Å². The molecule has 0 aliphatic heterocycles. The van der Waals surface area contributed by atoms with Crippen LogP contribution in [0.3, 0.4) is 0 Å². The van der Waals surface area contributed by atoms with E-state index in [-0.39, 0.29) is 5.56 Å². The van der Waals surface area contributed by atoms with Crippen molar-refractivity contribution in [2.24, 2.45) is 0 Å². The lowest BCUT2D eigenvalue weighted by Gasteiger charge is -2.05. The minimum Gasteiger partial charge on any atom is -0.290 e. The number of unbranched alkanes of at least 4 members (excludes halogenated alkanes) is 1. The molecule has 8 heteroatoms. The summed E-state index contributed by atoms with van der Waals surface area (Å²) in [6.45, 7) is 3.19. The van der Waals surface area contributed by atoms with Gasteiger partial charge in [-0.15, -0.1) is 16.4 Å². The summed E-state index contributed by atoms with van der Waals surface area (Å²) in [6.07, 6.45) is 3.63. The van der Waals surface area contributed by atoms with Crippen LogP contribution in [-0.4, -0.2) is 29.8 Å². The maximum Gasteiger partial charge on any atom is 0.271 e. The van der Waals surface area contributed by atoms with Gasteiger partial charge >= 0.3 is 0 Å². The van der Waals surface area contributed by atoms with Crippen molar-refractivity contribution in [3.05, 3.63) is 58.9 Å². The van der Waals surface area contributed by atoms with Crippen LogP contribution in [-0.2, 0) is 13.1 Å². The monoisotopic (exact) mass is 366 g/mol. The Morgan fingerprint density at radius 1 is 1.19 bits per heavy atom. The Labute approximate surface area is 153 Å². The number of nitrogens with zero attached hydrogens (tertiary/aromatic N) is 6. The first-order chi connectivity index (χ1) is 12.8. The molecule has 0 spiro atoms. The first kappa shape index (κ1) is 16.6. The summed E-state index contributed by atoms with van der Waals surface area (Å²) in [4.78, 5) is 18.4. The van der Waals surface area contributed by atoms with E-state index in [1.807, 2.05) is 36.4 Å². The molecule has 4 rings (SSSR count). The lowest BCUT2D eigenvalue weighted by atomic mass is 10.2. The van der Waals surface area contributed by atoms with E-state index in [1.54, 1.807) is 15.6 Å². The Hall–Kier alpha value is -2.87. The van der Waals surface area contributed by atoms with Gasteiger partial charge in [-0.2, -0.15) is 0 Å². The zero-order valence-electron chi connectivity index (χ0n) is 14.4. The number of hydrogen-bond donors (Lipinski definition) is 0. The zero-order valence-corrected chi connectivity index (χ0v) is 15.2. The Balaban J connectivity index is 1.68. The van der Waals surface area contributed by atoms with Crippen LogP contribution in [0.15, 0.2) is 47.5 Å². The molecular formula is C18H18N6OS. The van der Waals surface area contributed by atoms with E-state index >= 15 is 0 Å². The maximum absolute atomic E-state index is 12.9. The molecular weight excluding hydrogens is 348 g/mol. The molecule has 3 aromatic heterocycles. The van der Waals surface area contributed by atoms with E-state index in [2.05, 4.69) is 27.4 Å². The van der Waals surface area contributed by atoms with Gasteiger partial charge < -0.3 is 0 Å². The molecule has 0 bridgehead atoms. The molecule has 4 aromatic rings. The molecule has 1 aromatic carbocycles. The Bertz CT molecular complexity index is 1080. The van der Waals surface area contributed by atoms with Crippen LogP contribution in [0, 0.1) is 0 Å². The van der Waals surface area contributed by atoms with Gasteiger partial charge in [-0.05, 0) is 28.5 Å². The fourth-order valence-electron chi connectivity index (χ4n) is 2.77. The van der Waals surface area contributed by atoms with Crippen LogP contribution in [0.4, 0.5) is 0 Å². The van der Waals surface area contributed by atoms with Crippen LogP contribution < -0.4 is 5.56 Å². The third-order valence-corrected chi connectivity index (χ3v) is 5.36. The highest BCUT2D eigenvalue weighted by molar-refractivity contribution is 7.22. The van der Waals surface area contributed by atoms with Gasteiger partial charge in [-0.3, -0.25) is 9.36 Å². The molecule has 0 unspecified atom stereocenters. The molecule has 0 fully saturated rings. The largest absolute Gasteiger partial charge is 0.290 e. The molecule has 0 atom stereocenters. The summed E-state index contributed by atoms with van der Waals surface area (Å²) in [5, 5.41) is 11.8. The van der Waals surface area contributed by atoms with Crippen LogP contribution >= 0.6 is 11.3 Å². The number of aromatic nitrogens is 6. The van der Waals surface area contributed by atoms with Crippen molar-refractivity contribution in [2.45, 2.75) is 32.9 Å². The third kappa shape index (κ3) is 3.15. The molecule has 7 nitrogen and oxygen atoms in total. The van der Waals surface area contributed by atoms with Crippen LogP contribution in [0.5, 0.6) is 0 Å². The van der Waals surface area contributed by atoms with Crippen molar-refractivity contribution in [3.63, 3.8) is 0 Å². The van der Waals surface area contributed by atoms with Gasteiger partial charge in [0.05, 0.1) is 18.4 Å². The number of rotatable bonds is 6. The molecule has 0 saturated carbocycles. The van der Waals surface area contributed by atoms with Gasteiger partial charge in [0.2, 0.25) is 0 Å². The Morgan fingerprint density at radius 3 is 2.85 bits per heavy atom. The summed E-state index contributed by atoms with van der Waals surface area (Å²) < 4.78 is 3.98. The van der Waals surface area contributed by atoms with E-state index in [0.29, 0.717) is 17.1 Å². The summed E-state index contributed by atoms with van der Waals surface area (Å²) in [6, 6.07) is 12.0. The molecule has 0 N–H and O–H groups in total. The number of aryl methyl sites for hydroxylation is 1. The fraction of sp³-hybridized carbons (Fsp3) is 0.278. The van der Waals surface area contributed by atoms with Gasteiger partial charge in [0.1, 0.15) is 4.70 Å². The van der Waals surface area contributed by atoms with Crippen molar-refractivity contribution in [1.82, 2.24) is 29.8 Å². The second-order valence-corrected chi connectivity index (χ2v) is 7.09. The quantitative estimate of drug-likeness (QED) is 0.524. The molecule has 0 aliphatic carbocycles. The first-order valence-corrected chi connectivity index (χ1v) is 9.37. The maximum atomic E-state index is 12.9. The standard InChI is InChI=1S/C18H18N6OS/c1-2-3-9-24-16(20-21-22-24)11-23-12-19-14-10-15(26-17(14)18(23)25)13-7-5-4-6-8-13/h4-8,10,12H,2-3,9,11H2,1H3. The van der Waals surface area contributed by atoms with Crippen molar-refractivity contribution in [2.75, 3.05) is 0 Å². The summed E-state index contributed by atoms with van der Waals surface area (Å²) in [5.74, 6) is 0.668. The molecule has 26 heavy (non-hydrogen) atoms. The van der Waals surface area contributed by atoms with Crippen molar-refractivity contribution < 1.29 is 0 Å². The number of tetrazole rings is 1. The van der Waals surface area contributed by atoms with Gasteiger partial charge in [0.25, 0.3) is 5.56 Å². The van der Waals surface area contributed by atoms with Gasteiger partial charge in [0, 0.05) is 11.4 Å². The summed E-state index contributed by atoms with van der Waals surface area (Å²) in [7, 11) is 0. The van der Waals surface area contributed by atoms with Gasteiger partial charge in [-0.1, -0.05) is 43.7 Å². The average molecular weight is 366 g/mol. The van der Waals surface area contributed by atoms with Gasteiger partial charge in [0.15, 0.2) is 5.82 Å². The van der Waals surface area contributed by atoms with Crippen LogP contribution in [0.2, 0.25) is 0 Å². The SMILES string of the molecule is CCCCn1nnnc1Cn1cnc2cc(-c3ccccc3)sc2c1=O.